The smallest absolute Gasteiger partial charge is 0.257 e. The maximum absolute atomic E-state index is 12.4. The number of amides is 1. The molecule has 7 heteroatoms. The van der Waals surface area contributed by atoms with Crippen molar-refractivity contribution in [2.75, 3.05) is 5.32 Å². The summed E-state index contributed by atoms with van der Waals surface area (Å²) in [5.41, 5.74) is 3.46. The largest absolute Gasteiger partial charge is 0.493 e. The molecule has 0 saturated carbocycles. The number of hydrogen-bond donors (Lipinski definition) is 3. The maximum Gasteiger partial charge on any atom is 0.257 e. The molecule has 2 aromatic heterocycles. The number of nitrogens with one attached hydrogen (secondary N) is 2. The van der Waals surface area contributed by atoms with Gasteiger partial charge in [0.15, 0.2) is 0 Å². The highest BCUT2D eigenvalue weighted by Crippen LogP contribution is 2.30. The van der Waals surface area contributed by atoms with Crippen LogP contribution in [0.2, 0.25) is 5.02 Å². The first-order chi connectivity index (χ1) is 13.6. The van der Waals surface area contributed by atoms with Gasteiger partial charge in [-0.25, -0.2) is 9.97 Å². The number of rotatable bonds is 4. The molecule has 0 aliphatic rings. The molecule has 4 rings (SSSR count). The minimum Gasteiger partial charge on any atom is -0.493 e. The molecule has 138 valence electrons. The number of halogens is 1. The summed E-state index contributed by atoms with van der Waals surface area (Å²) in [5.74, 6) is 0.119. The van der Waals surface area contributed by atoms with Gasteiger partial charge in [-0.15, -0.1) is 0 Å². The van der Waals surface area contributed by atoms with Gasteiger partial charge < -0.3 is 15.4 Å². The van der Waals surface area contributed by atoms with E-state index in [4.69, 9.17) is 11.6 Å². The second-order valence-electron chi connectivity index (χ2n) is 6.07. The number of nitrogens with zero attached hydrogens (tertiary/aromatic N) is 2. The molecule has 6 nitrogen and oxygen atoms in total. The van der Waals surface area contributed by atoms with Crippen LogP contribution >= 0.6 is 11.6 Å². The number of carbonyl (C=O) groups excluding carboxylic acids is 1. The number of pyridine rings is 1. The fourth-order valence-corrected chi connectivity index (χ4v) is 2.94. The third kappa shape index (κ3) is 3.72. The van der Waals surface area contributed by atoms with Gasteiger partial charge in [-0.05, 0) is 29.8 Å². The molecule has 4 aromatic rings. The molecule has 0 saturated heterocycles. The van der Waals surface area contributed by atoms with Gasteiger partial charge in [0.05, 0.1) is 22.5 Å². The first-order valence-electron chi connectivity index (χ1n) is 8.47. The molecule has 0 aliphatic carbocycles. The van der Waals surface area contributed by atoms with Crippen molar-refractivity contribution in [3.8, 4) is 28.5 Å². The van der Waals surface area contributed by atoms with E-state index < -0.39 is 0 Å². The number of aromatic hydroxyl groups is 1. The number of carbonyl (C=O) groups is 1. The molecule has 0 bridgehead atoms. The summed E-state index contributed by atoms with van der Waals surface area (Å²) in [4.78, 5) is 23.7. The van der Waals surface area contributed by atoms with Crippen LogP contribution in [0.15, 0.2) is 73.1 Å². The molecular weight excluding hydrogens is 376 g/mol. The van der Waals surface area contributed by atoms with E-state index in [0.29, 0.717) is 27.7 Å². The molecule has 2 heterocycles. The maximum atomic E-state index is 12.4. The van der Waals surface area contributed by atoms with Crippen LogP contribution in [-0.4, -0.2) is 26.0 Å². The van der Waals surface area contributed by atoms with E-state index in [2.05, 4.69) is 20.3 Å². The van der Waals surface area contributed by atoms with Crippen molar-refractivity contribution >= 4 is 23.2 Å². The zero-order chi connectivity index (χ0) is 19.5. The zero-order valence-corrected chi connectivity index (χ0v) is 15.3. The standard InChI is InChI=1S/C21H15ClN4O2/c22-17-8-7-15(25-21(28)14-6-9-19(27)23-11-14)10-16(17)20-24-12-18(26-20)13-4-2-1-3-5-13/h1-12H,(H,23,27)(H,24,26)(H,25,28). The zero-order valence-electron chi connectivity index (χ0n) is 14.6. The van der Waals surface area contributed by atoms with Crippen LogP contribution in [0.3, 0.4) is 0 Å². The molecule has 3 N–H and O–H groups in total. The van der Waals surface area contributed by atoms with Gasteiger partial charge in [0.25, 0.3) is 5.91 Å². The second-order valence-corrected chi connectivity index (χ2v) is 6.47. The lowest BCUT2D eigenvalue weighted by atomic mass is 10.1. The third-order valence-electron chi connectivity index (χ3n) is 4.15. The molecule has 2 aromatic carbocycles. The van der Waals surface area contributed by atoms with E-state index in [1.165, 1.54) is 18.3 Å². The van der Waals surface area contributed by atoms with E-state index in [-0.39, 0.29) is 11.8 Å². The van der Waals surface area contributed by atoms with E-state index in [1.807, 2.05) is 30.3 Å². The molecule has 0 atom stereocenters. The summed E-state index contributed by atoms with van der Waals surface area (Å²) in [6, 6.07) is 17.8. The van der Waals surface area contributed by atoms with Crippen LogP contribution in [0, 0.1) is 0 Å². The molecule has 1 amide bonds. The van der Waals surface area contributed by atoms with Crippen LogP contribution in [0.25, 0.3) is 22.6 Å². The number of H-pyrrole nitrogens is 1. The number of hydrogen-bond acceptors (Lipinski definition) is 4. The predicted molar refractivity (Wildman–Crippen MR) is 108 cm³/mol. The average Bonchev–Trinajstić information content (AvgIpc) is 3.20. The Morgan fingerprint density at radius 2 is 1.82 bits per heavy atom. The summed E-state index contributed by atoms with van der Waals surface area (Å²) in [7, 11) is 0. The van der Waals surface area contributed by atoms with Crippen LogP contribution < -0.4 is 5.32 Å². The Kier molecular flexibility index (Phi) is 4.78. The third-order valence-corrected chi connectivity index (χ3v) is 4.48. The molecule has 0 aliphatic heterocycles. The van der Waals surface area contributed by atoms with Crippen molar-refractivity contribution in [2.24, 2.45) is 0 Å². The summed E-state index contributed by atoms with van der Waals surface area (Å²) in [6.07, 6.45) is 3.05. The van der Waals surface area contributed by atoms with Gasteiger partial charge >= 0.3 is 0 Å². The number of imidazole rings is 1. The van der Waals surface area contributed by atoms with Crippen LogP contribution in [-0.2, 0) is 0 Å². The summed E-state index contributed by atoms with van der Waals surface area (Å²) < 4.78 is 0. The quantitative estimate of drug-likeness (QED) is 0.469. The summed E-state index contributed by atoms with van der Waals surface area (Å²) >= 11 is 6.35. The van der Waals surface area contributed by atoms with Crippen LogP contribution in [0.4, 0.5) is 5.69 Å². The number of aromatic amines is 1. The van der Waals surface area contributed by atoms with Gasteiger partial charge in [0.2, 0.25) is 5.88 Å². The van der Waals surface area contributed by atoms with E-state index in [0.717, 1.165) is 11.3 Å². The Bertz CT molecular complexity index is 1120. The van der Waals surface area contributed by atoms with Crippen molar-refractivity contribution in [2.45, 2.75) is 0 Å². The fraction of sp³-hybridized carbons (Fsp3) is 0. The molecule has 0 spiro atoms. The van der Waals surface area contributed by atoms with Crippen molar-refractivity contribution in [1.29, 1.82) is 0 Å². The van der Waals surface area contributed by atoms with Gasteiger partial charge in [-0.2, -0.15) is 0 Å². The Hall–Kier alpha value is -3.64. The Morgan fingerprint density at radius 1 is 1.00 bits per heavy atom. The van der Waals surface area contributed by atoms with Crippen molar-refractivity contribution in [3.63, 3.8) is 0 Å². The predicted octanol–water partition coefficient (Wildman–Crippen LogP) is 4.75. The Morgan fingerprint density at radius 3 is 2.57 bits per heavy atom. The first-order valence-corrected chi connectivity index (χ1v) is 8.85. The molecule has 0 radical (unpaired) electrons. The fourth-order valence-electron chi connectivity index (χ4n) is 2.73. The first kappa shape index (κ1) is 17.8. The van der Waals surface area contributed by atoms with Crippen molar-refractivity contribution < 1.29 is 9.90 Å². The minimum absolute atomic E-state index is 0.141. The van der Waals surface area contributed by atoms with Gasteiger partial charge in [0.1, 0.15) is 5.82 Å². The second kappa shape index (κ2) is 7.54. The summed E-state index contributed by atoms with van der Waals surface area (Å²) in [6.45, 7) is 0. The lowest BCUT2D eigenvalue weighted by molar-refractivity contribution is 0.102. The van der Waals surface area contributed by atoms with Gasteiger partial charge in [-0.1, -0.05) is 41.9 Å². The highest BCUT2D eigenvalue weighted by atomic mass is 35.5. The van der Waals surface area contributed by atoms with Gasteiger partial charge in [0, 0.05) is 23.5 Å². The lowest BCUT2D eigenvalue weighted by Crippen LogP contribution is -2.12. The normalized spacial score (nSPS) is 10.6. The molecule has 0 unspecified atom stereocenters. The van der Waals surface area contributed by atoms with Crippen LogP contribution in [0.5, 0.6) is 5.88 Å². The number of benzene rings is 2. The van der Waals surface area contributed by atoms with Crippen molar-refractivity contribution in [1.82, 2.24) is 15.0 Å². The Balaban J connectivity index is 1.60. The topological polar surface area (TPSA) is 90.9 Å². The van der Waals surface area contributed by atoms with Gasteiger partial charge in [-0.3, -0.25) is 4.79 Å². The van der Waals surface area contributed by atoms with Crippen LogP contribution in [0.1, 0.15) is 10.4 Å². The molecular formula is C21H15ClN4O2. The lowest BCUT2D eigenvalue weighted by Gasteiger charge is -2.08. The number of anilines is 1. The SMILES string of the molecule is O=C(Nc1ccc(Cl)c(-c2ncc(-c3ccccc3)[nH]2)c1)c1ccc(O)nc1. The molecule has 0 fully saturated rings. The summed E-state index contributed by atoms with van der Waals surface area (Å²) in [5, 5.41) is 12.5. The number of aromatic nitrogens is 3. The highest BCUT2D eigenvalue weighted by Gasteiger charge is 2.12. The highest BCUT2D eigenvalue weighted by molar-refractivity contribution is 6.33. The minimum atomic E-state index is -0.342. The van der Waals surface area contributed by atoms with E-state index in [1.54, 1.807) is 24.4 Å². The monoisotopic (exact) mass is 390 g/mol. The van der Waals surface area contributed by atoms with Crippen molar-refractivity contribution in [3.05, 3.63) is 83.6 Å². The van der Waals surface area contributed by atoms with E-state index >= 15 is 0 Å². The van der Waals surface area contributed by atoms with E-state index in [9.17, 15) is 9.90 Å². The average molecular weight is 391 g/mol. The molecule has 28 heavy (non-hydrogen) atoms. The Labute approximate surface area is 165 Å².